The van der Waals surface area contributed by atoms with Gasteiger partial charge in [0, 0.05) is 12.1 Å². The van der Waals surface area contributed by atoms with Crippen molar-refractivity contribution in [1.82, 2.24) is 0 Å². The molecular formula is C16H15NO3. The van der Waals surface area contributed by atoms with Crippen LogP contribution in [0.1, 0.15) is 12.0 Å². The van der Waals surface area contributed by atoms with Crippen LogP contribution in [0.4, 0.5) is 5.69 Å². The molecule has 0 saturated carbocycles. The highest BCUT2D eigenvalue weighted by molar-refractivity contribution is 5.90. The van der Waals surface area contributed by atoms with Crippen LogP contribution in [0.25, 0.3) is 0 Å². The molecule has 0 saturated heterocycles. The molecule has 3 rings (SSSR count). The van der Waals surface area contributed by atoms with E-state index in [-0.39, 0.29) is 12.7 Å². The van der Waals surface area contributed by atoms with Crippen LogP contribution in [0.5, 0.6) is 11.5 Å². The number of ether oxygens (including phenoxy) is 2. The lowest BCUT2D eigenvalue weighted by atomic mass is 10.1. The monoisotopic (exact) mass is 269 g/mol. The van der Waals surface area contributed by atoms with Crippen molar-refractivity contribution in [2.24, 2.45) is 0 Å². The normalized spacial score (nSPS) is 12.2. The van der Waals surface area contributed by atoms with Crippen LogP contribution >= 0.6 is 0 Å². The summed E-state index contributed by atoms with van der Waals surface area (Å²) in [4.78, 5) is 11.9. The van der Waals surface area contributed by atoms with E-state index in [0.717, 1.165) is 22.7 Å². The molecule has 0 fully saturated rings. The van der Waals surface area contributed by atoms with Crippen molar-refractivity contribution in [3.63, 3.8) is 0 Å². The zero-order chi connectivity index (χ0) is 13.8. The van der Waals surface area contributed by atoms with Gasteiger partial charge in [-0.25, -0.2) is 0 Å². The summed E-state index contributed by atoms with van der Waals surface area (Å²) >= 11 is 0. The fourth-order valence-corrected chi connectivity index (χ4v) is 2.10. The molecular weight excluding hydrogens is 254 g/mol. The van der Waals surface area contributed by atoms with Crippen molar-refractivity contribution >= 4 is 11.6 Å². The van der Waals surface area contributed by atoms with Crippen molar-refractivity contribution in [3.8, 4) is 11.5 Å². The number of anilines is 1. The van der Waals surface area contributed by atoms with E-state index in [9.17, 15) is 4.79 Å². The first-order chi connectivity index (χ1) is 9.81. The molecule has 1 amide bonds. The van der Waals surface area contributed by atoms with Gasteiger partial charge in [-0.05, 0) is 36.2 Å². The quantitative estimate of drug-likeness (QED) is 0.928. The van der Waals surface area contributed by atoms with Crippen molar-refractivity contribution in [2.45, 2.75) is 12.8 Å². The summed E-state index contributed by atoms with van der Waals surface area (Å²) in [7, 11) is 0. The third-order valence-electron chi connectivity index (χ3n) is 3.14. The molecule has 1 N–H and O–H groups in total. The molecule has 0 aromatic heterocycles. The van der Waals surface area contributed by atoms with E-state index in [0.29, 0.717) is 12.8 Å². The van der Waals surface area contributed by atoms with Gasteiger partial charge in [0.25, 0.3) is 0 Å². The number of nitrogens with one attached hydrogen (secondary N) is 1. The van der Waals surface area contributed by atoms with Gasteiger partial charge in [0.1, 0.15) is 0 Å². The zero-order valence-corrected chi connectivity index (χ0v) is 11.0. The molecule has 0 aliphatic carbocycles. The minimum absolute atomic E-state index is 0.00821. The van der Waals surface area contributed by atoms with Gasteiger partial charge in [-0.2, -0.15) is 0 Å². The fraction of sp³-hybridized carbons (Fsp3) is 0.188. The second-order valence-corrected chi connectivity index (χ2v) is 4.60. The average Bonchev–Trinajstić information content (AvgIpc) is 2.93. The number of hydrogen-bond donors (Lipinski definition) is 1. The Morgan fingerprint density at radius 1 is 1.05 bits per heavy atom. The minimum atomic E-state index is 0.00821. The van der Waals surface area contributed by atoms with E-state index < -0.39 is 0 Å². The number of benzene rings is 2. The first kappa shape index (κ1) is 12.5. The van der Waals surface area contributed by atoms with Gasteiger partial charge in [-0.3, -0.25) is 4.79 Å². The number of para-hydroxylation sites is 1. The highest BCUT2D eigenvalue weighted by Crippen LogP contribution is 2.32. The lowest BCUT2D eigenvalue weighted by Crippen LogP contribution is -2.12. The maximum absolute atomic E-state index is 11.9. The van der Waals surface area contributed by atoms with Gasteiger partial charge in [-0.1, -0.05) is 24.3 Å². The Hall–Kier alpha value is -2.49. The predicted octanol–water partition coefficient (Wildman–Crippen LogP) is 2.99. The highest BCUT2D eigenvalue weighted by Gasteiger charge is 2.13. The first-order valence-corrected chi connectivity index (χ1v) is 6.55. The SMILES string of the molecule is O=C(CCc1ccc2c(c1)OCO2)Nc1ccccc1. The second kappa shape index (κ2) is 5.65. The molecule has 2 aromatic rings. The van der Waals surface area contributed by atoms with Crippen LogP contribution in [-0.2, 0) is 11.2 Å². The molecule has 1 heterocycles. The molecule has 1 aliphatic heterocycles. The number of amides is 1. The Morgan fingerprint density at radius 2 is 1.85 bits per heavy atom. The number of aryl methyl sites for hydroxylation is 1. The summed E-state index contributed by atoms with van der Waals surface area (Å²) < 4.78 is 10.6. The molecule has 0 radical (unpaired) electrons. The van der Waals surface area contributed by atoms with E-state index in [1.54, 1.807) is 0 Å². The van der Waals surface area contributed by atoms with E-state index in [1.165, 1.54) is 0 Å². The van der Waals surface area contributed by atoms with Gasteiger partial charge < -0.3 is 14.8 Å². The van der Waals surface area contributed by atoms with Gasteiger partial charge in [0.05, 0.1) is 0 Å². The van der Waals surface area contributed by atoms with Crippen LogP contribution in [-0.4, -0.2) is 12.7 Å². The van der Waals surface area contributed by atoms with E-state index in [4.69, 9.17) is 9.47 Å². The summed E-state index contributed by atoms with van der Waals surface area (Å²) in [6, 6.07) is 15.2. The smallest absolute Gasteiger partial charge is 0.231 e. The minimum Gasteiger partial charge on any atom is -0.454 e. The average molecular weight is 269 g/mol. The molecule has 0 atom stereocenters. The molecule has 0 unspecified atom stereocenters. The molecule has 1 aliphatic rings. The number of carbonyl (C=O) groups excluding carboxylic acids is 1. The molecule has 2 aromatic carbocycles. The molecule has 0 spiro atoms. The van der Waals surface area contributed by atoms with Crippen LogP contribution < -0.4 is 14.8 Å². The predicted molar refractivity (Wildman–Crippen MR) is 76.0 cm³/mol. The topological polar surface area (TPSA) is 47.6 Å². The lowest BCUT2D eigenvalue weighted by molar-refractivity contribution is -0.116. The number of carbonyl (C=O) groups is 1. The zero-order valence-electron chi connectivity index (χ0n) is 11.0. The molecule has 4 nitrogen and oxygen atoms in total. The highest BCUT2D eigenvalue weighted by atomic mass is 16.7. The van der Waals surface area contributed by atoms with Crippen molar-refractivity contribution in [2.75, 3.05) is 12.1 Å². The maximum atomic E-state index is 11.9. The molecule has 4 heteroatoms. The standard InChI is InChI=1S/C16H15NO3/c18-16(17-13-4-2-1-3-5-13)9-7-12-6-8-14-15(10-12)20-11-19-14/h1-6,8,10H,7,9,11H2,(H,17,18). The van der Waals surface area contributed by atoms with E-state index >= 15 is 0 Å². The maximum Gasteiger partial charge on any atom is 0.231 e. The van der Waals surface area contributed by atoms with Gasteiger partial charge in [0.2, 0.25) is 12.7 Å². The third-order valence-corrected chi connectivity index (χ3v) is 3.14. The van der Waals surface area contributed by atoms with E-state index in [1.807, 2.05) is 48.5 Å². The number of rotatable bonds is 4. The summed E-state index contributed by atoms with van der Waals surface area (Å²) in [6.45, 7) is 0.271. The summed E-state index contributed by atoms with van der Waals surface area (Å²) in [5.41, 5.74) is 1.89. The third kappa shape index (κ3) is 2.91. The summed E-state index contributed by atoms with van der Waals surface area (Å²) in [6.07, 6.45) is 1.11. The second-order valence-electron chi connectivity index (χ2n) is 4.60. The van der Waals surface area contributed by atoms with Gasteiger partial charge >= 0.3 is 0 Å². The Morgan fingerprint density at radius 3 is 2.70 bits per heavy atom. The Balaban J connectivity index is 1.55. The van der Waals surface area contributed by atoms with Crippen molar-refractivity contribution in [1.29, 1.82) is 0 Å². The van der Waals surface area contributed by atoms with E-state index in [2.05, 4.69) is 5.32 Å². The molecule has 20 heavy (non-hydrogen) atoms. The Labute approximate surface area is 117 Å². The van der Waals surface area contributed by atoms with Crippen LogP contribution in [0.15, 0.2) is 48.5 Å². The first-order valence-electron chi connectivity index (χ1n) is 6.55. The molecule has 0 bridgehead atoms. The van der Waals surface area contributed by atoms with Crippen LogP contribution in [0.3, 0.4) is 0 Å². The Bertz CT molecular complexity index is 610. The number of fused-ring (bicyclic) bond motifs is 1. The van der Waals surface area contributed by atoms with Crippen LogP contribution in [0, 0.1) is 0 Å². The largest absolute Gasteiger partial charge is 0.454 e. The fourth-order valence-electron chi connectivity index (χ4n) is 2.10. The summed E-state index contributed by atoms with van der Waals surface area (Å²) in [5.74, 6) is 1.53. The number of hydrogen-bond acceptors (Lipinski definition) is 3. The van der Waals surface area contributed by atoms with Gasteiger partial charge in [-0.15, -0.1) is 0 Å². The molecule has 102 valence electrons. The lowest BCUT2D eigenvalue weighted by Gasteiger charge is -2.05. The summed E-state index contributed by atoms with van der Waals surface area (Å²) in [5, 5.41) is 2.87. The van der Waals surface area contributed by atoms with Gasteiger partial charge in [0.15, 0.2) is 11.5 Å². The van der Waals surface area contributed by atoms with Crippen LogP contribution in [0.2, 0.25) is 0 Å². The Kier molecular flexibility index (Phi) is 3.54. The van der Waals surface area contributed by atoms with Crippen molar-refractivity contribution < 1.29 is 14.3 Å². The van der Waals surface area contributed by atoms with Crippen molar-refractivity contribution in [3.05, 3.63) is 54.1 Å².